The normalized spacial score (nSPS) is 11.0. The second-order valence-corrected chi connectivity index (χ2v) is 3.84. The van der Waals surface area contributed by atoms with Crippen molar-refractivity contribution in [2.75, 3.05) is 0 Å². The second kappa shape index (κ2) is 3.38. The fraction of sp³-hybridized carbons (Fsp3) is 0. The summed E-state index contributed by atoms with van der Waals surface area (Å²) in [6, 6.07) is 9.54. The lowest BCUT2D eigenvalue weighted by atomic mass is 10.1. The van der Waals surface area contributed by atoms with Gasteiger partial charge in [-0.2, -0.15) is 0 Å². The van der Waals surface area contributed by atoms with Crippen molar-refractivity contribution in [3.63, 3.8) is 0 Å². The van der Waals surface area contributed by atoms with Crippen LogP contribution < -0.4 is 0 Å². The fourth-order valence-corrected chi connectivity index (χ4v) is 2.06. The molecule has 0 aromatic heterocycles. The molecule has 0 aliphatic rings. The Morgan fingerprint density at radius 1 is 1.00 bits per heavy atom. The van der Waals surface area contributed by atoms with E-state index in [0.717, 1.165) is 5.39 Å². The summed E-state index contributed by atoms with van der Waals surface area (Å²) >= 11 is 0. The van der Waals surface area contributed by atoms with E-state index >= 15 is 0 Å². The lowest BCUT2D eigenvalue weighted by Gasteiger charge is -2.00. The maximum absolute atomic E-state index is 13.2. The van der Waals surface area contributed by atoms with Crippen molar-refractivity contribution in [2.24, 2.45) is 0 Å². The summed E-state index contributed by atoms with van der Waals surface area (Å²) in [5.41, 5.74) is 0. The van der Waals surface area contributed by atoms with Crippen molar-refractivity contribution >= 4 is 21.5 Å². The molecule has 0 fully saturated rings. The number of hydrogen-bond donors (Lipinski definition) is 1. The number of fused-ring (bicyclic) bond motifs is 1. The second-order valence-electron chi connectivity index (χ2n) is 2.87. The molecule has 72 valence electrons. The molecule has 0 amide bonds. The molecular formula is C10H7FO2S. The van der Waals surface area contributed by atoms with Gasteiger partial charge < -0.3 is 0 Å². The van der Waals surface area contributed by atoms with Gasteiger partial charge in [-0.3, -0.25) is 0 Å². The third kappa shape index (κ3) is 1.37. The Morgan fingerprint density at radius 2 is 1.71 bits per heavy atom. The first kappa shape index (κ1) is 9.15. The summed E-state index contributed by atoms with van der Waals surface area (Å²) in [7, 11) is -2.89. The predicted octanol–water partition coefficient (Wildman–Crippen LogP) is 1.95. The van der Waals surface area contributed by atoms with Gasteiger partial charge in [0.25, 0.3) is 0 Å². The fourth-order valence-electron chi connectivity index (χ4n) is 1.41. The van der Waals surface area contributed by atoms with Crippen LogP contribution in [-0.2, 0) is 10.7 Å². The van der Waals surface area contributed by atoms with Gasteiger partial charge >= 0.3 is 0 Å². The van der Waals surface area contributed by atoms with Crippen LogP contribution in [0, 0.1) is 5.82 Å². The molecule has 0 unspecified atom stereocenters. The van der Waals surface area contributed by atoms with E-state index in [4.69, 9.17) is 0 Å². The molecule has 2 nitrogen and oxygen atoms in total. The van der Waals surface area contributed by atoms with Crippen molar-refractivity contribution < 1.29 is 12.8 Å². The van der Waals surface area contributed by atoms with Gasteiger partial charge in [0.05, 0.1) is 0 Å². The monoisotopic (exact) mass is 210 g/mol. The zero-order chi connectivity index (χ0) is 10.1. The molecule has 0 atom stereocenters. The predicted molar refractivity (Wildman–Crippen MR) is 52.5 cm³/mol. The van der Waals surface area contributed by atoms with E-state index in [1.54, 1.807) is 30.3 Å². The van der Waals surface area contributed by atoms with Crippen molar-refractivity contribution in [1.82, 2.24) is 0 Å². The number of hydrogen-bond acceptors (Lipinski definition) is 2. The van der Waals surface area contributed by atoms with Crippen LogP contribution in [0.2, 0.25) is 0 Å². The third-order valence-corrected chi connectivity index (χ3v) is 2.85. The molecule has 0 aliphatic carbocycles. The van der Waals surface area contributed by atoms with E-state index in [-0.39, 0.29) is 4.90 Å². The van der Waals surface area contributed by atoms with Crippen LogP contribution in [-0.4, -0.2) is 8.42 Å². The average Bonchev–Trinajstić information content (AvgIpc) is 2.17. The van der Waals surface area contributed by atoms with Gasteiger partial charge in [0.1, 0.15) is 10.7 Å². The highest BCUT2D eigenvalue weighted by Crippen LogP contribution is 2.22. The van der Waals surface area contributed by atoms with Gasteiger partial charge in [-0.25, -0.2) is 12.8 Å². The highest BCUT2D eigenvalue weighted by atomic mass is 32.2. The quantitative estimate of drug-likeness (QED) is 0.730. The minimum atomic E-state index is -2.89. The molecule has 4 heteroatoms. The van der Waals surface area contributed by atoms with Crippen LogP contribution in [0.1, 0.15) is 0 Å². The molecule has 0 spiro atoms. The number of benzene rings is 2. The smallest absolute Gasteiger partial charge is 0.171 e. The van der Waals surface area contributed by atoms with Gasteiger partial charge in [-0.05, 0) is 11.5 Å². The molecule has 2 aromatic carbocycles. The molecule has 0 saturated heterocycles. The Bertz CT molecular complexity index is 553. The molecule has 0 bridgehead atoms. The van der Waals surface area contributed by atoms with E-state index in [1.165, 1.54) is 6.07 Å². The van der Waals surface area contributed by atoms with Gasteiger partial charge in [0.2, 0.25) is 0 Å². The van der Waals surface area contributed by atoms with Crippen molar-refractivity contribution in [3.05, 3.63) is 42.2 Å². The van der Waals surface area contributed by atoms with Crippen LogP contribution >= 0.6 is 0 Å². The van der Waals surface area contributed by atoms with Gasteiger partial charge in [-0.15, -0.1) is 0 Å². The Labute approximate surface area is 81.9 Å². The highest BCUT2D eigenvalue weighted by Gasteiger charge is 2.08. The number of thiol groups is 1. The van der Waals surface area contributed by atoms with E-state index < -0.39 is 16.5 Å². The number of halogens is 1. The minimum absolute atomic E-state index is 0.224. The Kier molecular flexibility index (Phi) is 2.21. The Hall–Kier alpha value is -1.42. The standard InChI is InChI=1S/C10H7FO2S/c11-9-6-5-7-3-1-2-4-8(7)10(9)14(12)13/h1-6,14H. The Balaban J connectivity index is 2.97. The van der Waals surface area contributed by atoms with E-state index in [2.05, 4.69) is 0 Å². The molecule has 0 heterocycles. The lowest BCUT2D eigenvalue weighted by Crippen LogP contribution is -1.89. The topological polar surface area (TPSA) is 34.1 Å². The van der Waals surface area contributed by atoms with Crippen molar-refractivity contribution in [1.29, 1.82) is 0 Å². The summed E-state index contributed by atoms with van der Waals surface area (Å²) in [4.78, 5) is -0.224. The largest absolute Gasteiger partial charge is 0.227 e. The maximum Gasteiger partial charge on any atom is 0.171 e. The zero-order valence-electron chi connectivity index (χ0n) is 7.11. The van der Waals surface area contributed by atoms with Gasteiger partial charge in [-0.1, -0.05) is 30.3 Å². The average molecular weight is 210 g/mol. The molecule has 0 radical (unpaired) electrons. The van der Waals surface area contributed by atoms with Gasteiger partial charge in [0.15, 0.2) is 10.7 Å². The molecule has 0 N–H and O–H groups in total. The van der Waals surface area contributed by atoms with Crippen molar-refractivity contribution in [3.8, 4) is 0 Å². The van der Waals surface area contributed by atoms with E-state index in [9.17, 15) is 12.8 Å². The molecule has 2 aromatic rings. The van der Waals surface area contributed by atoms with E-state index in [0.29, 0.717) is 5.39 Å². The van der Waals surface area contributed by atoms with Crippen LogP contribution in [0.15, 0.2) is 41.3 Å². The van der Waals surface area contributed by atoms with Crippen LogP contribution in [0.25, 0.3) is 10.8 Å². The van der Waals surface area contributed by atoms with Crippen LogP contribution in [0.3, 0.4) is 0 Å². The first-order chi connectivity index (χ1) is 6.70. The number of rotatable bonds is 1. The third-order valence-electron chi connectivity index (χ3n) is 2.03. The highest BCUT2D eigenvalue weighted by molar-refractivity contribution is 7.72. The molecule has 2 rings (SSSR count). The molecular weight excluding hydrogens is 203 g/mol. The van der Waals surface area contributed by atoms with E-state index in [1.807, 2.05) is 0 Å². The first-order valence-corrected chi connectivity index (χ1v) is 5.19. The first-order valence-electron chi connectivity index (χ1n) is 4.02. The summed E-state index contributed by atoms with van der Waals surface area (Å²) in [6.45, 7) is 0. The zero-order valence-corrected chi connectivity index (χ0v) is 8.00. The lowest BCUT2D eigenvalue weighted by molar-refractivity contribution is 0.582. The van der Waals surface area contributed by atoms with Crippen LogP contribution in [0.4, 0.5) is 4.39 Å². The SMILES string of the molecule is O=[SH](=O)c1c(F)ccc2ccccc12. The van der Waals surface area contributed by atoms with Crippen molar-refractivity contribution in [2.45, 2.75) is 4.90 Å². The summed E-state index contributed by atoms with van der Waals surface area (Å²) in [6.07, 6.45) is 0. The summed E-state index contributed by atoms with van der Waals surface area (Å²) in [5, 5.41) is 1.16. The minimum Gasteiger partial charge on any atom is -0.227 e. The van der Waals surface area contributed by atoms with Gasteiger partial charge in [0, 0.05) is 5.39 Å². The molecule has 14 heavy (non-hydrogen) atoms. The summed E-state index contributed by atoms with van der Waals surface area (Å²) < 4.78 is 34.9. The molecule has 0 aliphatic heterocycles. The molecule has 0 saturated carbocycles. The summed E-state index contributed by atoms with van der Waals surface area (Å²) in [5.74, 6) is -0.695. The maximum atomic E-state index is 13.2. The Morgan fingerprint density at radius 3 is 2.43 bits per heavy atom. The van der Waals surface area contributed by atoms with Crippen LogP contribution in [0.5, 0.6) is 0 Å².